The largest absolute Gasteiger partial charge is 0.490 e. The van der Waals surface area contributed by atoms with Crippen LogP contribution in [0.5, 0.6) is 11.5 Å². The molecule has 6 nitrogen and oxygen atoms in total. The minimum absolute atomic E-state index is 0.254. The van der Waals surface area contributed by atoms with Gasteiger partial charge in [0.1, 0.15) is 0 Å². The second-order valence-corrected chi connectivity index (χ2v) is 5.99. The van der Waals surface area contributed by atoms with Crippen LogP contribution in [-0.2, 0) is 4.79 Å². The molecule has 0 bridgehead atoms. The van der Waals surface area contributed by atoms with Crippen LogP contribution >= 0.6 is 22.9 Å². The number of benzene rings is 1. The van der Waals surface area contributed by atoms with E-state index in [-0.39, 0.29) is 6.61 Å². The maximum atomic E-state index is 11.7. The average molecular weight is 355 g/mol. The highest BCUT2D eigenvalue weighted by molar-refractivity contribution is 7.17. The summed E-state index contributed by atoms with van der Waals surface area (Å²) in [5.41, 5.74) is 4.56. The van der Waals surface area contributed by atoms with Gasteiger partial charge in [-0.25, -0.2) is 0 Å². The highest BCUT2D eigenvalue weighted by atomic mass is 35.5. The molecule has 0 saturated carbocycles. The number of thiophene rings is 1. The minimum atomic E-state index is -0.493. The van der Waals surface area contributed by atoms with Gasteiger partial charge in [0.2, 0.25) is 0 Å². The van der Waals surface area contributed by atoms with Crippen LogP contribution in [0.25, 0.3) is 0 Å². The maximum Gasteiger partial charge on any atom is 0.279 e. The second kappa shape index (κ2) is 8.40. The Morgan fingerprint density at radius 2 is 1.78 bits per heavy atom. The van der Waals surface area contributed by atoms with Crippen LogP contribution in [0.15, 0.2) is 36.4 Å². The fourth-order valence-electron chi connectivity index (χ4n) is 1.65. The monoisotopic (exact) mass is 354 g/mol. The van der Waals surface area contributed by atoms with Crippen molar-refractivity contribution in [1.82, 2.24) is 10.9 Å². The lowest BCUT2D eigenvalue weighted by atomic mass is 10.3. The quantitative estimate of drug-likeness (QED) is 0.782. The molecule has 0 saturated heterocycles. The second-order valence-electron chi connectivity index (χ2n) is 4.27. The molecule has 23 heavy (non-hydrogen) atoms. The van der Waals surface area contributed by atoms with Crippen molar-refractivity contribution in [3.63, 3.8) is 0 Å². The zero-order chi connectivity index (χ0) is 16.7. The third kappa shape index (κ3) is 5.15. The number of halogens is 1. The van der Waals surface area contributed by atoms with Gasteiger partial charge in [-0.05, 0) is 31.2 Å². The summed E-state index contributed by atoms with van der Waals surface area (Å²) >= 11 is 6.86. The molecular formula is C15H15ClN2O4S. The number of rotatable bonds is 6. The molecular weight excluding hydrogens is 340 g/mol. The number of carbonyl (C=O) groups is 2. The number of ether oxygens (including phenoxy) is 2. The molecule has 0 aliphatic rings. The lowest BCUT2D eigenvalue weighted by Gasteiger charge is -2.11. The van der Waals surface area contributed by atoms with Crippen molar-refractivity contribution in [1.29, 1.82) is 0 Å². The predicted octanol–water partition coefficient (Wildman–Crippen LogP) is 2.64. The first kappa shape index (κ1) is 17.1. The Kier molecular flexibility index (Phi) is 6.25. The summed E-state index contributed by atoms with van der Waals surface area (Å²) in [5.74, 6) is 0.0817. The number of hydrazine groups is 1. The number of hydrogen-bond donors (Lipinski definition) is 2. The summed E-state index contributed by atoms with van der Waals surface area (Å²) in [5, 5.41) is 0. The van der Waals surface area contributed by atoms with Gasteiger partial charge in [0.25, 0.3) is 11.8 Å². The van der Waals surface area contributed by atoms with Gasteiger partial charge in [-0.2, -0.15) is 0 Å². The summed E-state index contributed by atoms with van der Waals surface area (Å²) in [4.78, 5) is 23.9. The standard InChI is InChI=1S/C15H15ClN2O4S/c1-2-21-10-5-3-4-6-11(10)22-9-14(19)17-18-15(20)12-7-8-13(16)23-12/h3-8H,2,9H2,1H3,(H,17,19)(H,18,20). The van der Waals surface area contributed by atoms with Crippen molar-refractivity contribution < 1.29 is 19.1 Å². The normalized spacial score (nSPS) is 10.0. The third-order valence-corrected chi connectivity index (χ3v) is 3.85. The molecule has 0 aliphatic heterocycles. The molecule has 0 spiro atoms. The number of amides is 2. The van der Waals surface area contributed by atoms with E-state index in [2.05, 4.69) is 10.9 Å². The summed E-state index contributed by atoms with van der Waals surface area (Å²) in [7, 11) is 0. The van der Waals surface area contributed by atoms with Crippen LogP contribution in [0.3, 0.4) is 0 Å². The number of carbonyl (C=O) groups excluding carboxylic acids is 2. The van der Waals surface area contributed by atoms with Crippen LogP contribution < -0.4 is 20.3 Å². The Balaban J connectivity index is 1.80. The van der Waals surface area contributed by atoms with E-state index in [1.165, 1.54) is 0 Å². The first-order valence-corrected chi connectivity index (χ1v) is 7.98. The van der Waals surface area contributed by atoms with Crippen molar-refractivity contribution in [2.45, 2.75) is 6.92 Å². The summed E-state index contributed by atoms with van der Waals surface area (Å²) in [6, 6.07) is 10.2. The fourth-order valence-corrected chi connectivity index (χ4v) is 2.59. The first-order chi connectivity index (χ1) is 11.1. The molecule has 2 rings (SSSR count). The van der Waals surface area contributed by atoms with Gasteiger partial charge in [0.05, 0.1) is 15.8 Å². The number of hydrogen-bond acceptors (Lipinski definition) is 5. The van der Waals surface area contributed by atoms with E-state index in [0.29, 0.717) is 27.3 Å². The average Bonchev–Trinajstić information content (AvgIpc) is 2.98. The van der Waals surface area contributed by atoms with E-state index in [1.54, 1.807) is 30.3 Å². The van der Waals surface area contributed by atoms with Gasteiger partial charge >= 0.3 is 0 Å². The molecule has 1 aromatic heterocycles. The van der Waals surface area contributed by atoms with Crippen molar-refractivity contribution >= 4 is 34.8 Å². The molecule has 1 aromatic carbocycles. The molecule has 8 heteroatoms. The molecule has 2 aromatic rings. The highest BCUT2D eigenvalue weighted by Crippen LogP contribution is 2.26. The molecule has 2 N–H and O–H groups in total. The zero-order valence-electron chi connectivity index (χ0n) is 12.3. The zero-order valence-corrected chi connectivity index (χ0v) is 13.9. The van der Waals surface area contributed by atoms with Crippen LogP contribution in [-0.4, -0.2) is 25.0 Å². The van der Waals surface area contributed by atoms with Crippen LogP contribution in [0.2, 0.25) is 4.34 Å². The van der Waals surface area contributed by atoms with Crippen molar-refractivity contribution in [2.75, 3.05) is 13.2 Å². The Hall–Kier alpha value is -2.25. The lowest BCUT2D eigenvalue weighted by Crippen LogP contribution is -2.43. The number of nitrogens with one attached hydrogen (secondary N) is 2. The van der Waals surface area contributed by atoms with Crippen molar-refractivity contribution in [3.8, 4) is 11.5 Å². The summed E-state index contributed by atoms with van der Waals surface area (Å²) < 4.78 is 11.3. The van der Waals surface area contributed by atoms with E-state index in [9.17, 15) is 9.59 Å². The highest BCUT2D eigenvalue weighted by Gasteiger charge is 2.11. The maximum absolute atomic E-state index is 11.7. The van der Waals surface area contributed by atoms with Gasteiger partial charge in [0, 0.05) is 0 Å². The number of para-hydroxylation sites is 2. The molecule has 0 aliphatic carbocycles. The van der Waals surface area contributed by atoms with Crippen molar-refractivity contribution in [2.24, 2.45) is 0 Å². The van der Waals surface area contributed by atoms with E-state index in [4.69, 9.17) is 21.1 Å². The van der Waals surface area contributed by atoms with Crippen LogP contribution in [0, 0.1) is 0 Å². The lowest BCUT2D eigenvalue weighted by molar-refractivity contribution is -0.123. The van der Waals surface area contributed by atoms with Gasteiger partial charge in [-0.15, -0.1) is 11.3 Å². The predicted molar refractivity (Wildman–Crippen MR) is 88.0 cm³/mol. The molecule has 2 amide bonds. The van der Waals surface area contributed by atoms with Crippen molar-refractivity contribution in [3.05, 3.63) is 45.6 Å². The van der Waals surface area contributed by atoms with Gasteiger partial charge < -0.3 is 9.47 Å². The smallest absolute Gasteiger partial charge is 0.279 e. The summed E-state index contributed by atoms with van der Waals surface area (Å²) in [6.07, 6.45) is 0. The molecule has 0 fully saturated rings. The SMILES string of the molecule is CCOc1ccccc1OCC(=O)NNC(=O)c1ccc(Cl)s1. The molecule has 0 unspecified atom stereocenters. The Morgan fingerprint density at radius 1 is 1.09 bits per heavy atom. The van der Waals surface area contributed by atoms with Gasteiger partial charge in [0.15, 0.2) is 18.1 Å². The third-order valence-electron chi connectivity index (χ3n) is 2.62. The van der Waals surface area contributed by atoms with Crippen LogP contribution in [0.4, 0.5) is 0 Å². The Bertz CT molecular complexity index is 690. The molecule has 0 atom stereocenters. The molecule has 0 radical (unpaired) electrons. The van der Waals surface area contributed by atoms with E-state index in [0.717, 1.165) is 11.3 Å². The Morgan fingerprint density at radius 3 is 2.39 bits per heavy atom. The van der Waals surface area contributed by atoms with E-state index in [1.807, 2.05) is 13.0 Å². The van der Waals surface area contributed by atoms with Gasteiger partial charge in [-0.3, -0.25) is 20.4 Å². The van der Waals surface area contributed by atoms with E-state index < -0.39 is 11.8 Å². The fraction of sp³-hybridized carbons (Fsp3) is 0.200. The minimum Gasteiger partial charge on any atom is -0.490 e. The van der Waals surface area contributed by atoms with E-state index >= 15 is 0 Å². The molecule has 1 heterocycles. The van der Waals surface area contributed by atoms with Crippen LogP contribution in [0.1, 0.15) is 16.6 Å². The summed E-state index contributed by atoms with van der Waals surface area (Å²) in [6.45, 7) is 2.09. The Labute approximate surface area is 142 Å². The van der Waals surface area contributed by atoms with Gasteiger partial charge in [-0.1, -0.05) is 23.7 Å². The topological polar surface area (TPSA) is 76.7 Å². The first-order valence-electron chi connectivity index (χ1n) is 6.79. The molecule has 122 valence electrons.